The monoisotopic (exact) mass is 265 g/mol. The molecule has 19 heavy (non-hydrogen) atoms. The lowest BCUT2D eigenvalue weighted by molar-refractivity contribution is -0.143. The first kappa shape index (κ1) is 15.7. The zero-order valence-electron chi connectivity index (χ0n) is 11.8. The van der Waals surface area contributed by atoms with Gasteiger partial charge in [-0.3, -0.25) is 9.69 Å². The van der Waals surface area contributed by atoms with Crippen LogP contribution in [0, 0.1) is 6.92 Å². The average Bonchev–Trinajstić information content (AvgIpc) is 2.38. The van der Waals surface area contributed by atoms with Crippen LogP contribution in [0.1, 0.15) is 37.5 Å². The predicted molar refractivity (Wildman–Crippen MR) is 75.1 cm³/mol. The minimum Gasteiger partial charge on any atom is -0.480 e. The third-order valence-corrected chi connectivity index (χ3v) is 3.39. The van der Waals surface area contributed by atoms with Crippen molar-refractivity contribution < 1.29 is 15.0 Å². The fraction of sp³-hybridized carbons (Fsp3) is 0.533. The van der Waals surface area contributed by atoms with Crippen molar-refractivity contribution in [3.63, 3.8) is 0 Å². The molecule has 0 bridgehead atoms. The van der Waals surface area contributed by atoms with E-state index in [0.717, 1.165) is 11.1 Å². The van der Waals surface area contributed by atoms with Crippen LogP contribution in [-0.4, -0.2) is 40.2 Å². The number of rotatable bonds is 7. The Morgan fingerprint density at radius 1 is 1.26 bits per heavy atom. The lowest BCUT2D eigenvalue weighted by Crippen LogP contribution is -2.42. The first-order valence-electron chi connectivity index (χ1n) is 6.71. The van der Waals surface area contributed by atoms with E-state index in [9.17, 15) is 15.0 Å². The summed E-state index contributed by atoms with van der Waals surface area (Å²) in [5.41, 5.74) is 1.96. The van der Waals surface area contributed by atoms with Gasteiger partial charge >= 0.3 is 5.97 Å². The molecule has 0 aromatic heterocycles. The summed E-state index contributed by atoms with van der Waals surface area (Å²) in [6, 6.07) is 7.13. The van der Waals surface area contributed by atoms with E-state index in [0.29, 0.717) is 19.5 Å². The van der Waals surface area contributed by atoms with Crippen LogP contribution in [0.15, 0.2) is 24.3 Å². The molecule has 0 aliphatic rings. The van der Waals surface area contributed by atoms with Crippen molar-refractivity contribution in [2.24, 2.45) is 0 Å². The van der Waals surface area contributed by atoms with Crippen LogP contribution in [0.25, 0.3) is 0 Å². The van der Waals surface area contributed by atoms with Crippen molar-refractivity contribution in [1.82, 2.24) is 4.90 Å². The molecule has 0 heterocycles. The Hall–Kier alpha value is -1.39. The summed E-state index contributed by atoms with van der Waals surface area (Å²) in [6.45, 7) is 6.69. The van der Waals surface area contributed by atoms with Crippen LogP contribution in [0.3, 0.4) is 0 Å². The van der Waals surface area contributed by atoms with E-state index in [1.165, 1.54) is 0 Å². The average molecular weight is 265 g/mol. The zero-order valence-corrected chi connectivity index (χ0v) is 11.8. The molecule has 0 radical (unpaired) electrons. The van der Waals surface area contributed by atoms with Gasteiger partial charge in [0.05, 0.1) is 6.10 Å². The lowest BCUT2D eigenvalue weighted by Gasteiger charge is -2.29. The Morgan fingerprint density at radius 3 is 2.26 bits per heavy atom. The van der Waals surface area contributed by atoms with Gasteiger partial charge in [0.15, 0.2) is 0 Å². The van der Waals surface area contributed by atoms with Gasteiger partial charge < -0.3 is 10.2 Å². The van der Waals surface area contributed by atoms with Crippen molar-refractivity contribution >= 4 is 5.97 Å². The van der Waals surface area contributed by atoms with Crippen LogP contribution in [0.5, 0.6) is 0 Å². The number of nitrogens with zero attached hydrogens (tertiary/aromatic N) is 1. The van der Waals surface area contributed by atoms with Crippen molar-refractivity contribution in [3.8, 4) is 0 Å². The largest absolute Gasteiger partial charge is 0.480 e. The third kappa shape index (κ3) is 4.33. The molecule has 0 spiro atoms. The summed E-state index contributed by atoms with van der Waals surface area (Å²) >= 11 is 0. The molecule has 4 nitrogen and oxygen atoms in total. The highest BCUT2D eigenvalue weighted by molar-refractivity contribution is 5.73. The topological polar surface area (TPSA) is 60.8 Å². The normalized spacial score (nSPS) is 14.4. The summed E-state index contributed by atoms with van der Waals surface area (Å²) in [5.74, 6) is -0.833. The second kappa shape index (κ2) is 7.26. The molecule has 0 amide bonds. The van der Waals surface area contributed by atoms with E-state index >= 15 is 0 Å². The molecule has 4 heteroatoms. The summed E-state index contributed by atoms with van der Waals surface area (Å²) in [4.78, 5) is 13.0. The molecule has 0 fully saturated rings. The fourth-order valence-corrected chi connectivity index (χ4v) is 2.18. The predicted octanol–water partition coefficient (Wildman–Crippen LogP) is 2.21. The van der Waals surface area contributed by atoms with E-state index in [2.05, 4.69) is 0 Å². The van der Waals surface area contributed by atoms with Gasteiger partial charge in [0.2, 0.25) is 0 Å². The minimum atomic E-state index is -0.833. The highest BCUT2D eigenvalue weighted by Crippen LogP contribution is 2.17. The Labute approximate surface area is 114 Å². The number of carboxylic acid groups (broad SMARTS) is 1. The maximum Gasteiger partial charge on any atom is 0.320 e. The zero-order chi connectivity index (χ0) is 14.4. The van der Waals surface area contributed by atoms with Crippen molar-refractivity contribution in [2.75, 3.05) is 13.1 Å². The van der Waals surface area contributed by atoms with Crippen LogP contribution in [-0.2, 0) is 4.79 Å². The molecule has 2 atom stereocenters. The SMILES string of the molecule is CC[C@H](C(=O)O)N(CC)C[C@H](O)c1ccc(C)cc1. The van der Waals surface area contributed by atoms with Crippen molar-refractivity contribution in [2.45, 2.75) is 39.3 Å². The maximum absolute atomic E-state index is 11.2. The summed E-state index contributed by atoms with van der Waals surface area (Å²) in [7, 11) is 0. The van der Waals surface area contributed by atoms with E-state index in [-0.39, 0.29) is 0 Å². The first-order chi connectivity index (χ1) is 8.99. The van der Waals surface area contributed by atoms with Gasteiger partial charge in [-0.15, -0.1) is 0 Å². The molecule has 0 saturated carbocycles. The lowest BCUT2D eigenvalue weighted by atomic mass is 10.1. The van der Waals surface area contributed by atoms with Gasteiger partial charge in [0.25, 0.3) is 0 Å². The standard InChI is InChI=1S/C15H23NO3/c1-4-13(15(18)19)16(5-2)10-14(17)12-8-6-11(3)7-9-12/h6-9,13-14,17H,4-5,10H2,1-3H3,(H,18,19)/t13-,14+/m1/s1. The van der Waals surface area contributed by atoms with Gasteiger partial charge in [0.1, 0.15) is 6.04 Å². The van der Waals surface area contributed by atoms with Crippen molar-refractivity contribution in [1.29, 1.82) is 0 Å². The van der Waals surface area contributed by atoms with Gasteiger partial charge in [-0.2, -0.15) is 0 Å². The Morgan fingerprint density at radius 2 is 1.84 bits per heavy atom. The number of hydrogen-bond acceptors (Lipinski definition) is 3. The smallest absolute Gasteiger partial charge is 0.320 e. The second-order valence-electron chi connectivity index (χ2n) is 4.78. The van der Waals surface area contributed by atoms with E-state index in [1.54, 1.807) is 4.90 Å². The number of aliphatic hydroxyl groups excluding tert-OH is 1. The van der Waals surface area contributed by atoms with E-state index < -0.39 is 18.1 Å². The minimum absolute atomic E-state index is 0.338. The number of carboxylic acids is 1. The van der Waals surface area contributed by atoms with Gasteiger partial charge in [-0.1, -0.05) is 43.7 Å². The highest BCUT2D eigenvalue weighted by atomic mass is 16.4. The molecule has 0 saturated heterocycles. The molecule has 1 aromatic carbocycles. The highest BCUT2D eigenvalue weighted by Gasteiger charge is 2.24. The molecule has 0 aliphatic heterocycles. The maximum atomic E-state index is 11.2. The molecule has 0 unspecified atom stereocenters. The van der Waals surface area contributed by atoms with Gasteiger partial charge in [-0.05, 0) is 25.5 Å². The summed E-state index contributed by atoms with van der Waals surface area (Å²) in [5, 5.41) is 19.4. The molecule has 0 aliphatic carbocycles. The van der Waals surface area contributed by atoms with Crippen LogP contribution >= 0.6 is 0 Å². The molecule has 1 rings (SSSR count). The molecular weight excluding hydrogens is 242 g/mol. The Balaban J connectivity index is 2.74. The molecule has 1 aromatic rings. The molecule has 106 valence electrons. The quantitative estimate of drug-likeness (QED) is 0.793. The Kier molecular flexibility index (Phi) is 5.99. The van der Waals surface area contributed by atoms with E-state index in [1.807, 2.05) is 45.0 Å². The summed E-state index contributed by atoms with van der Waals surface area (Å²) in [6.07, 6.45) is -0.127. The Bertz CT molecular complexity index is 402. The van der Waals surface area contributed by atoms with Crippen LogP contribution in [0.4, 0.5) is 0 Å². The molecular formula is C15H23NO3. The van der Waals surface area contributed by atoms with E-state index in [4.69, 9.17) is 0 Å². The fourth-order valence-electron chi connectivity index (χ4n) is 2.18. The number of aliphatic carboxylic acids is 1. The second-order valence-corrected chi connectivity index (χ2v) is 4.78. The van der Waals surface area contributed by atoms with Gasteiger partial charge in [-0.25, -0.2) is 0 Å². The van der Waals surface area contributed by atoms with Gasteiger partial charge in [0, 0.05) is 6.54 Å². The van der Waals surface area contributed by atoms with Crippen LogP contribution < -0.4 is 0 Å². The van der Waals surface area contributed by atoms with Crippen LogP contribution in [0.2, 0.25) is 0 Å². The summed E-state index contributed by atoms with van der Waals surface area (Å²) < 4.78 is 0. The third-order valence-electron chi connectivity index (χ3n) is 3.39. The van der Waals surface area contributed by atoms with Crippen molar-refractivity contribution in [3.05, 3.63) is 35.4 Å². The number of aliphatic hydroxyl groups is 1. The number of hydrogen-bond donors (Lipinski definition) is 2. The number of aryl methyl sites for hydroxylation is 1. The number of likely N-dealkylation sites (N-methyl/N-ethyl adjacent to an activating group) is 1. The first-order valence-corrected chi connectivity index (χ1v) is 6.71. The number of carbonyl (C=O) groups is 1. The number of benzene rings is 1. The molecule has 2 N–H and O–H groups in total.